The third-order valence-corrected chi connectivity index (χ3v) is 3.51. The Kier molecular flexibility index (Phi) is 4.90. The number of nitrogens with zero attached hydrogens (tertiary/aromatic N) is 1. The Morgan fingerprint density at radius 3 is 2.36 bits per heavy atom. The van der Waals surface area contributed by atoms with Crippen LogP contribution in [0.25, 0.3) is 0 Å². The van der Waals surface area contributed by atoms with E-state index < -0.39 is 0 Å². The second kappa shape index (κ2) is 5.72. The lowest BCUT2D eigenvalue weighted by Crippen LogP contribution is -2.37. The van der Waals surface area contributed by atoms with E-state index in [9.17, 15) is 0 Å². The molecule has 1 aliphatic rings. The summed E-state index contributed by atoms with van der Waals surface area (Å²) in [5.74, 6) is 1.56. The maximum atomic E-state index is 6.03. The number of piperidine rings is 1. The standard InChI is InChI=1S/C12H26N2/c1-10(2)12(13)6-9-14-7-4-11(3)5-8-14/h10-12H,4-9,13H2,1-3H3. The van der Waals surface area contributed by atoms with E-state index in [4.69, 9.17) is 5.73 Å². The fourth-order valence-electron chi connectivity index (χ4n) is 1.95. The van der Waals surface area contributed by atoms with Gasteiger partial charge in [-0.25, -0.2) is 0 Å². The van der Waals surface area contributed by atoms with E-state index in [1.54, 1.807) is 0 Å². The molecule has 0 spiro atoms. The van der Waals surface area contributed by atoms with Crippen molar-refractivity contribution in [1.29, 1.82) is 0 Å². The van der Waals surface area contributed by atoms with Crippen LogP contribution in [0.15, 0.2) is 0 Å². The molecule has 0 aromatic heterocycles. The lowest BCUT2D eigenvalue weighted by molar-refractivity contribution is 0.183. The minimum atomic E-state index is 0.384. The molecule has 0 radical (unpaired) electrons. The Bertz CT molecular complexity index is 148. The number of nitrogens with two attached hydrogens (primary N) is 1. The molecule has 84 valence electrons. The van der Waals surface area contributed by atoms with Gasteiger partial charge >= 0.3 is 0 Å². The molecule has 1 heterocycles. The topological polar surface area (TPSA) is 29.3 Å². The van der Waals surface area contributed by atoms with Crippen LogP contribution in [0.4, 0.5) is 0 Å². The Morgan fingerprint density at radius 1 is 1.29 bits per heavy atom. The van der Waals surface area contributed by atoms with Crippen LogP contribution < -0.4 is 5.73 Å². The first-order valence-corrected chi connectivity index (χ1v) is 6.07. The summed E-state index contributed by atoms with van der Waals surface area (Å²) in [4.78, 5) is 2.57. The second-order valence-electron chi connectivity index (χ2n) is 5.22. The molecular formula is C12H26N2. The highest BCUT2D eigenvalue weighted by Gasteiger charge is 2.16. The van der Waals surface area contributed by atoms with Crippen LogP contribution in [0.3, 0.4) is 0 Å². The molecular weight excluding hydrogens is 172 g/mol. The minimum Gasteiger partial charge on any atom is -0.327 e. The summed E-state index contributed by atoms with van der Waals surface area (Å²) < 4.78 is 0. The summed E-state index contributed by atoms with van der Waals surface area (Å²) >= 11 is 0. The maximum Gasteiger partial charge on any atom is 0.00740 e. The van der Waals surface area contributed by atoms with Crippen molar-refractivity contribution in [3.8, 4) is 0 Å². The minimum absolute atomic E-state index is 0.384. The molecule has 1 atom stereocenters. The van der Waals surface area contributed by atoms with Crippen molar-refractivity contribution in [2.75, 3.05) is 19.6 Å². The molecule has 0 aromatic carbocycles. The third kappa shape index (κ3) is 3.97. The average molecular weight is 198 g/mol. The highest BCUT2D eigenvalue weighted by Crippen LogP contribution is 2.16. The summed E-state index contributed by atoms with van der Waals surface area (Å²) in [6.45, 7) is 10.5. The van der Waals surface area contributed by atoms with Crippen LogP contribution in [0.2, 0.25) is 0 Å². The highest BCUT2D eigenvalue weighted by molar-refractivity contribution is 4.72. The quantitative estimate of drug-likeness (QED) is 0.749. The molecule has 0 bridgehead atoms. The molecule has 2 heteroatoms. The number of rotatable bonds is 4. The van der Waals surface area contributed by atoms with Gasteiger partial charge in [-0.15, -0.1) is 0 Å². The van der Waals surface area contributed by atoms with Crippen molar-refractivity contribution in [2.24, 2.45) is 17.6 Å². The van der Waals surface area contributed by atoms with E-state index in [-0.39, 0.29) is 0 Å². The van der Waals surface area contributed by atoms with E-state index in [1.165, 1.54) is 32.5 Å². The van der Waals surface area contributed by atoms with Gasteiger partial charge in [-0.3, -0.25) is 0 Å². The van der Waals surface area contributed by atoms with E-state index in [0.29, 0.717) is 12.0 Å². The van der Waals surface area contributed by atoms with Crippen LogP contribution in [-0.4, -0.2) is 30.6 Å². The van der Waals surface area contributed by atoms with Crippen LogP contribution in [0.5, 0.6) is 0 Å². The van der Waals surface area contributed by atoms with Gasteiger partial charge in [0, 0.05) is 6.04 Å². The summed E-state index contributed by atoms with van der Waals surface area (Å²) in [6, 6.07) is 0.384. The van der Waals surface area contributed by atoms with Crippen LogP contribution in [0.1, 0.15) is 40.0 Å². The molecule has 14 heavy (non-hydrogen) atoms. The van der Waals surface area contributed by atoms with Crippen molar-refractivity contribution in [3.63, 3.8) is 0 Å². The average Bonchev–Trinajstić information content (AvgIpc) is 2.16. The van der Waals surface area contributed by atoms with Gasteiger partial charge in [0.25, 0.3) is 0 Å². The molecule has 1 aliphatic heterocycles. The first-order chi connectivity index (χ1) is 6.59. The van der Waals surface area contributed by atoms with Crippen LogP contribution >= 0.6 is 0 Å². The predicted molar refractivity (Wildman–Crippen MR) is 62.3 cm³/mol. The van der Waals surface area contributed by atoms with Gasteiger partial charge in [0.15, 0.2) is 0 Å². The molecule has 0 aliphatic carbocycles. The van der Waals surface area contributed by atoms with E-state index in [2.05, 4.69) is 25.7 Å². The number of hydrogen-bond donors (Lipinski definition) is 1. The van der Waals surface area contributed by atoms with Crippen molar-refractivity contribution in [1.82, 2.24) is 4.90 Å². The Labute approximate surface area is 88.8 Å². The predicted octanol–water partition coefficient (Wildman–Crippen LogP) is 2.09. The Balaban J connectivity index is 2.13. The number of hydrogen-bond acceptors (Lipinski definition) is 2. The van der Waals surface area contributed by atoms with Gasteiger partial charge < -0.3 is 10.6 Å². The molecule has 0 amide bonds. The van der Waals surface area contributed by atoms with Gasteiger partial charge in [0.1, 0.15) is 0 Å². The van der Waals surface area contributed by atoms with Crippen molar-refractivity contribution >= 4 is 0 Å². The first kappa shape index (κ1) is 12.0. The lowest BCUT2D eigenvalue weighted by atomic mass is 9.97. The zero-order valence-electron chi connectivity index (χ0n) is 10.00. The summed E-state index contributed by atoms with van der Waals surface area (Å²) in [5.41, 5.74) is 6.03. The number of likely N-dealkylation sites (tertiary alicyclic amines) is 1. The first-order valence-electron chi connectivity index (χ1n) is 6.07. The normalized spacial score (nSPS) is 22.9. The second-order valence-corrected chi connectivity index (χ2v) is 5.22. The molecule has 1 rings (SSSR count). The molecule has 0 aromatic rings. The SMILES string of the molecule is CC1CCN(CCC(N)C(C)C)CC1. The summed E-state index contributed by atoms with van der Waals surface area (Å²) in [7, 11) is 0. The van der Waals surface area contributed by atoms with E-state index >= 15 is 0 Å². The molecule has 1 fully saturated rings. The van der Waals surface area contributed by atoms with E-state index in [0.717, 1.165) is 12.3 Å². The smallest absolute Gasteiger partial charge is 0.00740 e. The van der Waals surface area contributed by atoms with Gasteiger partial charge in [-0.05, 0) is 50.7 Å². The highest BCUT2D eigenvalue weighted by atomic mass is 15.1. The largest absolute Gasteiger partial charge is 0.327 e. The monoisotopic (exact) mass is 198 g/mol. The Morgan fingerprint density at radius 2 is 1.86 bits per heavy atom. The Hall–Kier alpha value is -0.0800. The van der Waals surface area contributed by atoms with Gasteiger partial charge in [-0.2, -0.15) is 0 Å². The van der Waals surface area contributed by atoms with Crippen molar-refractivity contribution in [3.05, 3.63) is 0 Å². The molecule has 1 saturated heterocycles. The molecule has 2 N–H and O–H groups in total. The summed E-state index contributed by atoms with van der Waals surface area (Å²) in [5, 5.41) is 0. The van der Waals surface area contributed by atoms with Crippen LogP contribution in [-0.2, 0) is 0 Å². The third-order valence-electron chi connectivity index (χ3n) is 3.51. The van der Waals surface area contributed by atoms with Gasteiger partial charge in [0.05, 0.1) is 0 Å². The van der Waals surface area contributed by atoms with Crippen molar-refractivity contribution < 1.29 is 0 Å². The fourth-order valence-corrected chi connectivity index (χ4v) is 1.95. The molecule has 2 nitrogen and oxygen atoms in total. The van der Waals surface area contributed by atoms with Crippen molar-refractivity contribution in [2.45, 2.75) is 46.1 Å². The fraction of sp³-hybridized carbons (Fsp3) is 1.00. The maximum absolute atomic E-state index is 6.03. The lowest BCUT2D eigenvalue weighted by Gasteiger charge is -2.31. The zero-order valence-corrected chi connectivity index (χ0v) is 10.00. The van der Waals surface area contributed by atoms with E-state index in [1.807, 2.05) is 0 Å². The van der Waals surface area contributed by atoms with Gasteiger partial charge in [-0.1, -0.05) is 20.8 Å². The summed E-state index contributed by atoms with van der Waals surface area (Å²) in [6.07, 6.45) is 3.90. The van der Waals surface area contributed by atoms with Crippen LogP contribution in [0, 0.1) is 11.8 Å². The molecule has 1 unspecified atom stereocenters. The molecule has 0 saturated carbocycles. The zero-order chi connectivity index (χ0) is 10.6. The van der Waals surface area contributed by atoms with Gasteiger partial charge in [0.2, 0.25) is 0 Å².